The summed E-state index contributed by atoms with van der Waals surface area (Å²) in [6.45, 7) is 4.93. The van der Waals surface area contributed by atoms with Gasteiger partial charge in [-0.1, -0.05) is 0 Å². The van der Waals surface area contributed by atoms with Crippen molar-refractivity contribution in [3.05, 3.63) is 18.0 Å². The van der Waals surface area contributed by atoms with Gasteiger partial charge in [0.15, 0.2) is 0 Å². The highest BCUT2D eigenvalue weighted by Gasteiger charge is 2.25. The molecule has 0 aliphatic rings. The molecule has 21 heavy (non-hydrogen) atoms. The molecule has 0 spiro atoms. The Morgan fingerprint density at radius 1 is 1.29 bits per heavy atom. The molecule has 0 radical (unpaired) electrons. The van der Waals surface area contributed by atoms with Gasteiger partial charge in [0, 0.05) is 19.3 Å². The average Bonchev–Trinajstić information content (AvgIpc) is 2.70. The van der Waals surface area contributed by atoms with Crippen molar-refractivity contribution in [3.63, 3.8) is 0 Å². The van der Waals surface area contributed by atoms with Crippen LogP contribution < -0.4 is 10.0 Å². The first-order chi connectivity index (χ1) is 9.54. The number of carboxylic acids is 1. The number of sulfonamides is 1. The molecule has 3 N–H and O–H groups in total. The van der Waals surface area contributed by atoms with Crippen molar-refractivity contribution in [1.29, 1.82) is 0 Å². The number of aromatic carboxylic acids is 1. The van der Waals surface area contributed by atoms with Crippen LogP contribution in [-0.4, -0.2) is 42.1 Å². The molecule has 1 atom stereocenters. The van der Waals surface area contributed by atoms with Crippen LogP contribution in [0.25, 0.3) is 0 Å². The number of nitrogens with zero attached hydrogens (tertiary/aromatic N) is 1. The number of amides is 1. The third kappa shape index (κ3) is 4.30. The van der Waals surface area contributed by atoms with E-state index in [1.807, 2.05) is 0 Å². The lowest BCUT2D eigenvalue weighted by Gasteiger charge is -2.15. The van der Waals surface area contributed by atoms with E-state index in [4.69, 9.17) is 5.11 Å². The van der Waals surface area contributed by atoms with Crippen molar-refractivity contribution in [3.8, 4) is 0 Å². The summed E-state index contributed by atoms with van der Waals surface area (Å²) in [5, 5.41) is 11.5. The van der Waals surface area contributed by atoms with Gasteiger partial charge >= 0.3 is 5.97 Å². The zero-order valence-corrected chi connectivity index (χ0v) is 13.1. The summed E-state index contributed by atoms with van der Waals surface area (Å²) in [5.41, 5.74) is -0.158. The summed E-state index contributed by atoms with van der Waals surface area (Å²) in [5.74, 6) is -1.69. The fourth-order valence-corrected chi connectivity index (χ4v) is 2.93. The second-order valence-corrected chi connectivity index (χ2v) is 6.70. The van der Waals surface area contributed by atoms with E-state index >= 15 is 0 Å². The predicted octanol–water partition coefficient (Wildman–Crippen LogP) is -0.0853. The lowest BCUT2D eigenvalue weighted by molar-refractivity contribution is -0.122. The Balaban J connectivity index is 2.94. The van der Waals surface area contributed by atoms with Crippen LogP contribution in [0.1, 0.15) is 31.3 Å². The Bertz CT molecular complexity index is 648. The smallest absolute Gasteiger partial charge is 0.352 e. The van der Waals surface area contributed by atoms with Crippen molar-refractivity contribution in [2.24, 2.45) is 7.05 Å². The molecule has 0 saturated carbocycles. The van der Waals surface area contributed by atoms with Crippen LogP contribution in [0.3, 0.4) is 0 Å². The van der Waals surface area contributed by atoms with Gasteiger partial charge in [-0.05, 0) is 26.8 Å². The number of hydrogen-bond donors (Lipinski definition) is 3. The number of rotatable bonds is 6. The molecule has 1 unspecified atom stereocenters. The molecule has 0 saturated heterocycles. The fourth-order valence-electron chi connectivity index (χ4n) is 1.66. The largest absolute Gasteiger partial charge is 0.477 e. The summed E-state index contributed by atoms with van der Waals surface area (Å²) < 4.78 is 27.6. The third-order valence-electron chi connectivity index (χ3n) is 2.67. The van der Waals surface area contributed by atoms with Crippen LogP contribution in [0.5, 0.6) is 0 Å². The summed E-state index contributed by atoms with van der Waals surface area (Å²) in [6, 6.07) is -0.0387. The Morgan fingerprint density at radius 3 is 2.29 bits per heavy atom. The maximum absolute atomic E-state index is 12.1. The minimum Gasteiger partial charge on any atom is -0.477 e. The zero-order chi connectivity index (χ0) is 16.4. The van der Waals surface area contributed by atoms with Crippen LogP contribution in [0.2, 0.25) is 0 Å². The Kier molecular flexibility index (Phi) is 5.13. The maximum Gasteiger partial charge on any atom is 0.352 e. The van der Waals surface area contributed by atoms with Crippen LogP contribution in [0.4, 0.5) is 0 Å². The topological polar surface area (TPSA) is 118 Å². The van der Waals surface area contributed by atoms with Gasteiger partial charge in [-0.3, -0.25) is 4.79 Å². The quantitative estimate of drug-likeness (QED) is 0.678. The van der Waals surface area contributed by atoms with Crippen LogP contribution >= 0.6 is 0 Å². The standard InChI is InChI=1S/C12H19N3O5S/c1-7(2)13-11(16)8(3)14-21(19,20)9-5-10(12(17)18)15(4)6-9/h5-8,14H,1-4H3,(H,13,16)(H,17,18). The maximum atomic E-state index is 12.1. The van der Waals surface area contributed by atoms with Crippen molar-refractivity contribution < 1.29 is 23.1 Å². The van der Waals surface area contributed by atoms with Crippen LogP contribution in [0.15, 0.2) is 17.2 Å². The molecule has 0 bridgehead atoms. The van der Waals surface area contributed by atoms with Crippen molar-refractivity contribution in [1.82, 2.24) is 14.6 Å². The first kappa shape index (κ1) is 17.2. The van der Waals surface area contributed by atoms with E-state index in [0.717, 1.165) is 6.07 Å². The van der Waals surface area contributed by atoms with E-state index in [1.54, 1.807) is 13.8 Å². The van der Waals surface area contributed by atoms with Gasteiger partial charge < -0.3 is 15.0 Å². The number of aromatic nitrogens is 1. The molecule has 0 aliphatic carbocycles. The van der Waals surface area contributed by atoms with Crippen LogP contribution in [0, 0.1) is 0 Å². The second-order valence-electron chi connectivity index (χ2n) is 4.98. The zero-order valence-electron chi connectivity index (χ0n) is 12.2. The number of carbonyl (C=O) groups is 2. The molecule has 1 heterocycles. The SMILES string of the molecule is CC(C)NC(=O)C(C)NS(=O)(=O)c1cc(C(=O)O)n(C)c1. The van der Waals surface area contributed by atoms with E-state index in [2.05, 4.69) is 10.0 Å². The number of hydrogen-bond acceptors (Lipinski definition) is 4. The number of carbonyl (C=O) groups excluding carboxylic acids is 1. The van der Waals surface area contributed by atoms with Gasteiger partial charge in [-0.15, -0.1) is 0 Å². The Labute approximate surface area is 123 Å². The molecule has 1 rings (SSSR count). The third-order valence-corrected chi connectivity index (χ3v) is 4.17. The monoisotopic (exact) mass is 317 g/mol. The van der Waals surface area contributed by atoms with Gasteiger partial charge in [0.05, 0.1) is 6.04 Å². The summed E-state index contributed by atoms with van der Waals surface area (Å²) >= 11 is 0. The molecule has 0 aromatic carbocycles. The predicted molar refractivity (Wildman–Crippen MR) is 75.4 cm³/mol. The van der Waals surface area contributed by atoms with E-state index in [1.165, 1.54) is 24.7 Å². The number of aryl methyl sites for hydroxylation is 1. The van der Waals surface area contributed by atoms with E-state index in [-0.39, 0.29) is 16.6 Å². The van der Waals surface area contributed by atoms with E-state index < -0.39 is 27.9 Å². The summed E-state index contributed by atoms with van der Waals surface area (Å²) in [6.07, 6.45) is 1.18. The highest BCUT2D eigenvalue weighted by Crippen LogP contribution is 2.14. The normalized spacial score (nSPS) is 13.2. The fraction of sp³-hybridized carbons (Fsp3) is 0.500. The Hall–Kier alpha value is -1.87. The summed E-state index contributed by atoms with van der Waals surface area (Å²) in [4.78, 5) is 22.4. The van der Waals surface area contributed by atoms with Crippen LogP contribution in [-0.2, 0) is 21.9 Å². The highest BCUT2D eigenvalue weighted by atomic mass is 32.2. The molecule has 1 aromatic rings. The number of carboxylic acid groups (broad SMARTS) is 1. The molecule has 0 fully saturated rings. The first-order valence-electron chi connectivity index (χ1n) is 6.27. The lowest BCUT2D eigenvalue weighted by Crippen LogP contribution is -2.46. The van der Waals surface area contributed by atoms with Gasteiger partial charge in [-0.25, -0.2) is 13.2 Å². The molecule has 1 aromatic heterocycles. The highest BCUT2D eigenvalue weighted by molar-refractivity contribution is 7.89. The molecular weight excluding hydrogens is 298 g/mol. The molecule has 0 aliphatic heterocycles. The molecule has 118 valence electrons. The van der Waals surface area contributed by atoms with Crippen molar-refractivity contribution >= 4 is 21.9 Å². The molecular formula is C12H19N3O5S. The molecule has 8 nitrogen and oxygen atoms in total. The average molecular weight is 317 g/mol. The van der Waals surface area contributed by atoms with E-state index in [9.17, 15) is 18.0 Å². The van der Waals surface area contributed by atoms with Gasteiger partial charge in [0.1, 0.15) is 10.6 Å². The molecule has 9 heteroatoms. The minimum absolute atomic E-state index is 0.111. The second kappa shape index (κ2) is 6.27. The lowest BCUT2D eigenvalue weighted by atomic mass is 10.3. The Morgan fingerprint density at radius 2 is 1.86 bits per heavy atom. The van der Waals surface area contributed by atoms with Gasteiger partial charge in [0.25, 0.3) is 0 Å². The number of nitrogens with one attached hydrogen (secondary N) is 2. The van der Waals surface area contributed by atoms with E-state index in [0.29, 0.717) is 0 Å². The van der Waals surface area contributed by atoms with Crippen molar-refractivity contribution in [2.45, 2.75) is 37.8 Å². The first-order valence-corrected chi connectivity index (χ1v) is 7.75. The van der Waals surface area contributed by atoms with Crippen molar-refractivity contribution in [2.75, 3.05) is 0 Å². The summed E-state index contributed by atoms with van der Waals surface area (Å²) in [7, 11) is -2.54. The minimum atomic E-state index is -3.97. The van der Waals surface area contributed by atoms with Gasteiger partial charge in [0.2, 0.25) is 15.9 Å². The van der Waals surface area contributed by atoms with Gasteiger partial charge in [-0.2, -0.15) is 4.72 Å². The molecule has 1 amide bonds.